The Kier molecular flexibility index (Phi) is 6.45. The number of benzene rings is 1. The molecule has 2 aliphatic rings. The van der Waals surface area contributed by atoms with Crippen LogP contribution in [-0.2, 0) is 4.79 Å². The maximum atomic E-state index is 13.6. The second kappa shape index (κ2) is 9.28. The van der Waals surface area contributed by atoms with Gasteiger partial charge in [0.1, 0.15) is 16.4 Å². The van der Waals surface area contributed by atoms with E-state index in [-0.39, 0.29) is 17.8 Å². The highest BCUT2D eigenvalue weighted by Crippen LogP contribution is 2.38. The second-order valence-corrected chi connectivity index (χ2v) is 9.28. The zero-order chi connectivity index (χ0) is 22.7. The lowest BCUT2D eigenvalue weighted by molar-refractivity contribution is -0.125. The molecule has 3 heterocycles. The van der Waals surface area contributed by atoms with E-state index in [1.807, 2.05) is 31.2 Å². The first-order valence-corrected chi connectivity index (χ1v) is 12.0. The first-order valence-electron chi connectivity index (χ1n) is 11.2. The molecule has 0 unspecified atom stereocenters. The first kappa shape index (κ1) is 22.3. The predicted octanol–water partition coefficient (Wildman–Crippen LogP) is 3.74. The number of thiophene rings is 1. The summed E-state index contributed by atoms with van der Waals surface area (Å²) in [6, 6.07) is 7.33. The Morgan fingerprint density at radius 1 is 1.22 bits per heavy atom. The van der Waals surface area contributed by atoms with Crippen LogP contribution in [0.3, 0.4) is 0 Å². The fourth-order valence-electron chi connectivity index (χ4n) is 4.28. The van der Waals surface area contributed by atoms with Crippen LogP contribution in [0.2, 0.25) is 0 Å². The molecule has 0 atom stereocenters. The maximum Gasteiger partial charge on any atom is 0.319 e. The van der Waals surface area contributed by atoms with E-state index in [0.717, 1.165) is 35.2 Å². The molecule has 0 bridgehead atoms. The first-order chi connectivity index (χ1) is 15.5. The third-order valence-electron chi connectivity index (χ3n) is 6.05. The van der Waals surface area contributed by atoms with Crippen LogP contribution in [0, 0.1) is 0 Å². The smallest absolute Gasteiger partial charge is 0.319 e. The minimum atomic E-state index is -0.751. The molecule has 0 radical (unpaired) electrons. The number of fused-ring (bicyclic) bond motifs is 1. The summed E-state index contributed by atoms with van der Waals surface area (Å²) < 4.78 is 0.941. The van der Waals surface area contributed by atoms with Gasteiger partial charge in [0.05, 0.1) is 5.56 Å². The summed E-state index contributed by atoms with van der Waals surface area (Å²) in [5.74, 6) is 0.599. The van der Waals surface area contributed by atoms with E-state index in [4.69, 9.17) is 4.99 Å². The lowest BCUT2D eigenvalue weighted by Crippen LogP contribution is -2.50. The fourth-order valence-corrected chi connectivity index (χ4v) is 5.37. The van der Waals surface area contributed by atoms with Crippen LogP contribution < -0.4 is 16.0 Å². The number of amidine groups is 1. The monoisotopic (exact) mass is 455 g/mol. The van der Waals surface area contributed by atoms with Crippen molar-refractivity contribution < 1.29 is 14.4 Å². The third-order valence-corrected chi connectivity index (χ3v) is 7.13. The number of carbonyl (C=O) groups is 3. The zero-order valence-electron chi connectivity index (χ0n) is 18.5. The number of carbonyl (C=O) groups excluding carboxylic acids is 3. The van der Waals surface area contributed by atoms with Gasteiger partial charge >= 0.3 is 6.03 Å². The van der Waals surface area contributed by atoms with Crippen molar-refractivity contribution in [3.63, 3.8) is 0 Å². The topological polar surface area (TPSA) is 103 Å². The number of hydrogen-bond donors (Lipinski definition) is 3. The minimum Gasteiger partial charge on any atom is -0.338 e. The fraction of sp³-hybridized carbons (Fsp3) is 0.478. The van der Waals surface area contributed by atoms with Crippen molar-refractivity contribution in [1.29, 1.82) is 0 Å². The van der Waals surface area contributed by atoms with E-state index >= 15 is 0 Å². The lowest BCUT2D eigenvalue weighted by Gasteiger charge is -2.35. The molecule has 1 saturated heterocycles. The second-order valence-electron chi connectivity index (χ2n) is 8.23. The molecule has 1 spiro atoms. The number of urea groups is 1. The number of piperidine rings is 1. The number of likely N-dealkylation sites (tertiary alicyclic amines) is 1. The van der Waals surface area contributed by atoms with Crippen molar-refractivity contribution >= 4 is 50.1 Å². The summed E-state index contributed by atoms with van der Waals surface area (Å²) >= 11 is 1.39. The quantitative estimate of drug-likeness (QED) is 0.618. The van der Waals surface area contributed by atoms with Gasteiger partial charge in [-0.1, -0.05) is 31.5 Å². The van der Waals surface area contributed by atoms with Crippen LogP contribution in [0.5, 0.6) is 0 Å². The van der Waals surface area contributed by atoms with Crippen LogP contribution in [-0.4, -0.2) is 53.8 Å². The maximum absolute atomic E-state index is 13.6. The van der Waals surface area contributed by atoms with Crippen LogP contribution in [0.1, 0.15) is 56.3 Å². The molecular weight excluding hydrogens is 426 g/mol. The molecule has 170 valence electrons. The molecule has 4 rings (SSSR count). The molecule has 8 nitrogen and oxygen atoms in total. The van der Waals surface area contributed by atoms with Gasteiger partial charge in [0.15, 0.2) is 0 Å². The highest BCUT2D eigenvalue weighted by molar-refractivity contribution is 7.23. The average molecular weight is 456 g/mol. The number of aliphatic imine (C=N–C) groups is 1. The van der Waals surface area contributed by atoms with Crippen LogP contribution in [0.4, 0.5) is 9.80 Å². The highest BCUT2D eigenvalue weighted by atomic mass is 32.1. The Morgan fingerprint density at radius 2 is 1.97 bits per heavy atom. The molecule has 0 saturated carbocycles. The van der Waals surface area contributed by atoms with E-state index in [2.05, 4.69) is 22.9 Å². The largest absolute Gasteiger partial charge is 0.338 e. The van der Waals surface area contributed by atoms with Crippen molar-refractivity contribution in [1.82, 2.24) is 15.5 Å². The summed E-state index contributed by atoms with van der Waals surface area (Å²) in [6.07, 6.45) is 3.82. The van der Waals surface area contributed by atoms with Gasteiger partial charge < -0.3 is 15.5 Å². The van der Waals surface area contributed by atoms with E-state index in [9.17, 15) is 14.4 Å². The van der Waals surface area contributed by atoms with Crippen molar-refractivity contribution in [2.24, 2.45) is 4.99 Å². The van der Waals surface area contributed by atoms with E-state index in [0.29, 0.717) is 43.0 Å². The molecule has 9 heteroatoms. The van der Waals surface area contributed by atoms with Gasteiger partial charge in [0.25, 0.3) is 11.8 Å². The number of anilines is 1. The lowest BCUT2D eigenvalue weighted by atomic mass is 9.87. The van der Waals surface area contributed by atoms with Gasteiger partial charge in [-0.15, -0.1) is 11.3 Å². The standard InChI is InChI=1S/C23H29N5O3S/c1-3-5-10-17-25-21(30)23(27-17)11-13-28(14-12-23)20(29)18-15-8-6-7-9-16(15)32-19(18)26-22(31)24-4-2/h6-9H,3-5,10-14H2,1-2H3,(H2,24,26,31)(H,25,27,30). The average Bonchev–Trinajstić information content (AvgIpc) is 3.29. The number of hydrogen-bond acceptors (Lipinski definition) is 5. The predicted molar refractivity (Wildman–Crippen MR) is 127 cm³/mol. The molecule has 3 N–H and O–H groups in total. The Hall–Kier alpha value is -2.94. The van der Waals surface area contributed by atoms with Crippen molar-refractivity contribution in [2.75, 3.05) is 25.0 Å². The zero-order valence-corrected chi connectivity index (χ0v) is 19.3. The molecular formula is C23H29N5O3S. The molecule has 4 amide bonds. The summed E-state index contributed by atoms with van der Waals surface area (Å²) in [5.41, 5.74) is -0.241. The van der Waals surface area contributed by atoms with E-state index in [1.165, 1.54) is 11.3 Å². The van der Waals surface area contributed by atoms with Gasteiger partial charge in [-0.05, 0) is 32.3 Å². The van der Waals surface area contributed by atoms with Crippen LogP contribution in [0.15, 0.2) is 29.3 Å². The summed E-state index contributed by atoms with van der Waals surface area (Å²) in [6.45, 7) is 5.34. The van der Waals surface area contributed by atoms with Crippen molar-refractivity contribution in [3.05, 3.63) is 29.8 Å². The minimum absolute atomic E-state index is 0.0460. The number of nitrogens with zero attached hydrogens (tertiary/aromatic N) is 2. The van der Waals surface area contributed by atoms with Crippen LogP contribution in [0.25, 0.3) is 10.1 Å². The Labute approximate surface area is 191 Å². The summed E-state index contributed by atoms with van der Waals surface area (Å²) in [7, 11) is 0. The number of unbranched alkanes of at least 4 members (excludes halogenated alkanes) is 1. The van der Waals surface area contributed by atoms with E-state index < -0.39 is 5.54 Å². The van der Waals surface area contributed by atoms with E-state index in [1.54, 1.807) is 4.90 Å². The molecule has 2 aliphatic heterocycles. The summed E-state index contributed by atoms with van der Waals surface area (Å²) in [4.78, 5) is 44.9. The normalized spacial score (nSPS) is 17.4. The van der Waals surface area contributed by atoms with Gasteiger partial charge in [-0.2, -0.15) is 0 Å². The van der Waals surface area contributed by atoms with Gasteiger partial charge in [-0.3, -0.25) is 19.9 Å². The molecule has 1 fully saturated rings. The SMILES string of the molecule is CCCCC1=NC2(CCN(C(=O)c3c(NC(=O)NCC)sc4ccccc34)CC2)C(=O)N1. The van der Waals surface area contributed by atoms with Gasteiger partial charge in [0, 0.05) is 36.1 Å². The number of nitrogens with one attached hydrogen (secondary N) is 3. The molecule has 32 heavy (non-hydrogen) atoms. The molecule has 2 aromatic rings. The van der Waals surface area contributed by atoms with Crippen LogP contribution >= 0.6 is 11.3 Å². The van der Waals surface area contributed by atoms with Gasteiger partial charge in [0.2, 0.25) is 0 Å². The number of rotatable bonds is 6. The Bertz CT molecular complexity index is 1070. The van der Waals surface area contributed by atoms with Gasteiger partial charge in [-0.25, -0.2) is 4.79 Å². The highest BCUT2D eigenvalue weighted by Gasteiger charge is 2.46. The Morgan fingerprint density at radius 3 is 2.69 bits per heavy atom. The Balaban J connectivity index is 1.54. The van der Waals surface area contributed by atoms with Crippen molar-refractivity contribution in [3.8, 4) is 0 Å². The molecule has 0 aliphatic carbocycles. The third kappa shape index (κ3) is 4.21. The summed E-state index contributed by atoms with van der Waals surface area (Å²) in [5, 5.41) is 9.86. The van der Waals surface area contributed by atoms with Crippen molar-refractivity contribution in [2.45, 2.75) is 51.5 Å². The molecule has 1 aromatic carbocycles. The molecule has 1 aromatic heterocycles. The number of amides is 4.